The zero-order valence-electron chi connectivity index (χ0n) is 10.3. The third kappa shape index (κ3) is 2.79. The number of nitrogens with zero attached hydrogens (tertiary/aromatic N) is 3. The summed E-state index contributed by atoms with van der Waals surface area (Å²) in [5.41, 5.74) is 2.87. The molecule has 0 aliphatic heterocycles. The van der Waals surface area contributed by atoms with Crippen molar-refractivity contribution >= 4 is 34.7 Å². The molecule has 0 aliphatic carbocycles. The Morgan fingerprint density at radius 1 is 1.70 bits per heavy atom. The highest BCUT2D eigenvalue weighted by atomic mass is 35.5. The molecule has 2 heterocycles. The Morgan fingerprint density at radius 3 is 2.95 bits per heavy atom. The predicted molar refractivity (Wildman–Crippen MR) is 73.7 cm³/mol. The molecule has 0 atom stereocenters. The Bertz CT molecular complexity index is 680. The van der Waals surface area contributed by atoms with Gasteiger partial charge in [0.25, 0.3) is 5.91 Å². The van der Waals surface area contributed by atoms with Gasteiger partial charge in [-0.05, 0) is 23.5 Å². The Kier molecular flexibility index (Phi) is 4.02. The van der Waals surface area contributed by atoms with Crippen molar-refractivity contribution in [3.8, 4) is 0 Å². The molecule has 2 aromatic heterocycles. The van der Waals surface area contributed by atoms with E-state index >= 15 is 0 Å². The monoisotopic (exact) mass is 315 g/mol. The molecule has 0 radical (unpaired) electrons. The summed E-state index contributed by atoms with van der Waals surface area (Å²) in [7, 11) is 0. The number of aryl methyl sites for hydroxylation is 1. The Labute approximate surface area is 122 Å². The number of nitrogens with one attached hydrogen (secondary N) is 1. The van der Waals surface area contributed by atoms with E-state index in [-0.39, 0.29) is 23.3 Å². The fourth-order valence-electron chi connectivity index (χ4n) is 1.63. The highest BCUT2D eigenvalue weighted by molar-refractivity contribution is 7.14. The summed E-state index contributed by atoms with van der Waals surface area (Å²) >= 11 is 7.00. The highest BCUT2D eigenvalue weighted by Gasteiger charge is 2.20. The number of carbonyl (C=O) groups excluding carboxylic acids is 1. The quantitative estimate of drug-likeness (QED) is 0.383. The van der Waals surface area contributed by atoms with E-state index in [9.17, 15) is 14.9 Å². The first kappa shape index (κ1) is 14.4. The van der Waals surface area contributed by atoms with Gasteiger partial charge in [0.1, 0.15) is 0 Å². The molecular weight excluding hydrogens is 306 g/mol. The smallest absolute Gasteiger partial charge is 0.358 e. The average Bonchev–Trinajstić information content (AvgIpc) is 2.93. The van der Waals surface area contributed by atoms with Crippen LogP contribution in [0.4, 0.5) is 5.82 Å². The molecule has 20 heavy (non-hydrogen) atoms. The van der Waals surface area contributed by atoms with Gasteiger partial charge in [-0.25, -0.2) is 5.84 Å². The van der Waals surface area contributed by atoms with Gasteiger partial charge >= 0.3 is 5.82 Å². The second-order valence-electron chi connectivity index (χ2n) is 3.92. The Balaban J connectivity index is 2.26. The number of amides is 1. The standard InChI is InChI=1S/C10H10ClN5O3S/c1-5-6(2-8(20-5)10(17)13-12)3-15-4-7(11)9(14-15)16(18)19/h2,4H,3,12H2,1H3,(H,13,17). The summed E-state index contributed by atoms with van der Waals surface area (Å²) in [6, 6.07) is 1.67. The number of hydrazine groups is 1. The summed E-state index contributed by atoms with van der Waals surface area (Å²) < 4.78 is 1.36. The SMILES string of the molecule is Cc1sc(C(=O)NN)cc1Cn1cc(Cl)c([N+](=O)[O-])n1. The van der Waals surface area contributed by atoms with Gasteiger partial charge in [-0.2, -0.15) is 4.68 Å². The van der Waals surface area contributed by atoms with Crippen LogP contribution in [0.1, 0.15) is 20.1 Å². The number of nitrogens with two attached hydrogens (primary N) is 1. The highest BCUT2D eigenvalue weighted by Crippen LogP contribution is 2.25. The van der Waals surface area contributed by atoms with Crippen molar-refractivity contribution < 1.29 is 9.72 Å². The topological polar surface area (TPSA) is 116 Å². The largest absolute Gasteiger partial charge is 0.408 e. The lowest BCUT2D eigenvalue weighted by Crippen LogP contribution is -2.29. The molecule has 0 aliphatic rings. The van der Waals surface area contributed by atoms with Crippen molar-refractivity contribution in [2.75, 3.05) is 0 Å². The third-order valence-corrected chi connectivity index (χ3v) is 3.94. The van der Waals surface area contributed by atoms with E-state index in [0.717, 1.165) is 10.4 Å². The van der Waals surface area contributed by atoms with Crippen LogP contribution in [-0.4, -0.2) is 20.6 Å². The fourth-order valence-corrected chi connectivity index (χ4v) is 2.78. The van der Waals surface area contributed by atoms with E-state index in [1.807, 2.05) is 6.92 Å². The maximum atomic E-state index is 11.4. The van der Waals surface area contributed by atoms with Crippen LogP contribution in [0, 0.1) is 17.0 Å². The summed E-state index contributed by atoms with van der Waals surface area (Å²) in [5.74, 6) is 4.30. The van der Waals surface area contributed by atoms with Gasteiger partial charge in [-0.1, -0.05) is 11.6 Å². The van der Waals surface area contributed by atoms with Gasteiger partial charge in [0.2, 0.25) is 0 Å². The number of nitro groups is 1. The second kappa shape index (κ2) is 5.57. The number of halogens is 1. The van der Waals surface area contributed by atoms with Crippen molar-refractivity contribution in [2.45, 2.75) is 13.5 Å². The van der Waals surface area contributed by atoms with Crippen LogP contribution in [0.25, 0.3) is 0 Å². The number of nitrogen functional groups attached to an aromatic ring is 1. The summed E-state index contributed by atoms with van der Waals surface area (Å²) in [5, 5.41) is 14.4. The van der Waals surface area contributed by atoms with E-state index < -0.39 is 4.92 Å². The number of carbonyl (C=O) groups is 1. The minimum atomic E-state index is -0.646. The first-order valence-electron chi connectivity index (χ1n) is 5.40. The van der Waals surface area contributed by atoms with Gasteiger partial charge < -0.3 is 10.1 Å². The van der Waals surface area contributed by atoms with E-state index in [1.54, 1.807) is 6.07 Å². The lowest BCUT2D eigenvalue weighted by molar-refractivity contribution is -0.389. The first-order chi connectivity index (χ1) is 9.42. The van der Waals surface area contributed by atoms with Crippen molar-refractivity contribution in [1.29, 1.82) is 0 Å². The van der Waals surface area contributed by atoms with Gasteiger partial charge in [-0.15, -0.1) is 11.3 Å². The van der Waals surface area contributed by atoms with Crippen molar-refractivity contribution in [3.63, 3.8) is 0 Å². The molecule has 2 aromatic rings. The molecule has 8 nitrogen and oxygen atoms in total. The Morgan fingerprint density at radius 2 is 2.40 bits per heavy atom. The minimum Gasteiger partial charge on any atom is -0.358 e. The molecule has 0 aromatic carbocycles. The van der Waals surface area contributed by atoms with Gasteiger partial charge in [0.15, 0.2) is 5.02 Å². The van der Waals surface area contributed by atoms with Crippen molar-refractivity contribution in [1.82, 2.24) is 15.2 Å². The lowest BCUT2D eigenvalue weighted by atomic mass is 10.2. The number of hydrogen-bond acceptors (Lipinski definition) is 6. The molecule has 0 spiro atoms. The molecule has 1 amide bonds. The van der Waals surface area contributed by atoms with Gasteiger partial charge in [-0.3, -0.25) is 10.2 Å². The van der Waals surface area contributed by atoms with Crippen LogP contribution in [0.2, 0.25) is 5.02 Å². The van der Waals surface area contributed by atoms with Crippen molar-refractivity contribution in [3.05, 3.63) is 42.7 Å². The zero-order valence-corrected chi connectivity index (χ0v) is 11.9. The molecule has 10 heteroatoms. The van der Waals surface area contributed by atoms with E-state index in [2.05, 4.69) is 10.5 Å². The maximum Gasteiger partial charge on any atom is 0.408 e. The number of hydrogen-bond donors (Lipinski definition) is 2. The van der Waals surface area contributed by atoms with Crippen molar-refractivity contribution in [2.24, 2.45) is 5.84 Å². The van der Waals surface area contributed by atoms with Crippen LogP contribution in [0.5, 0.6) is 0 Å². The van der Waals surface area contributed by atoms with Gasteiger partial charge in [0.05, 0.1) is 22.7 Å². The molecule has 2 rings (SSSR count). The first-order valence-corrected chi connectivity index (χ1v) is 6.59. The third-order valence-electron chi connectivity index (χ3n) is 2.58. The number of rotatable bonds is 4. The molecule has 0 fully saturated rings. The van der Waals surface area contributed by atoms with Gasteiger partial charge in [0, 0.05) is 4.88 Å². The summed E-state index contributed by atoms with van der Waals surface area (Å²) in [6.07, 6.45) is 1.37. The predicted octanol–water partition coefficient (Wildman–Crippen LogP) is 1.47. The van der Waals surface area contributed by atoms with E-state index in [1.165, 1.54) is 22.2 Å². The van der Waals surface area contributed by atoms with Crippen LogP contribution >= 0.6 is 22.9 Å². The van der Waals surface area contributed by atoms with Crippen LogP contribution in [0.3, 0.4) is 0 Å². The minimum absolute atomic E-state index is 0.0252. The molecule has 3 N–H and O–H groups in total. The molecular formula is C10H10ClN5O3S. The van der Waals surface area contributed by atoms with Crippen LogP contribution < -0.4 is 11.3 Å². The number of thiophene rings is 1. The van der Waals surface area contributed by atoms with E-state index in [4.69, 9.17) is 17.4 Å². The molecule has 0 saturated carbocycles. The molecule has 106 valence electrons. The normalized spacial score (nSPS) is 10.6. The number of aromatic nitrogens is 2. The van der Waals surface area contributed by atoms with Crippen LogP contribution in [0.15, 0.2) is 12.3 Å². The zero-order chi connectivity index (χ0) is 14.9. The lowest BCUT2D eigenvalue weighted by Gasteiger charge is -1.95. The Hall–Kier alpha value is -1.97. The molecule has 0 unspecified atom stereocenters. The second-order valence-corrected chi connectivity index (χ2v) is 5.58. The average molecular weight is 316 g/mol. The molecule has 0 bridgehead atoms. The molecule has 0 saturated heterocycles. The van der Waals surface area contributed by atoms with Crippen LogP contribution in [-0.2, 0) is 6.54 Å². The summed E-state index contributed by atoms with van der Waals surface area (Å²) in [6.45, 7) is 2.13. The maximum absolute atomic E-state index is 11.4. The fraction of sp³-hybridized carbons (Fsp3) is 0.200. The summed E-state index contributed by atoms with van der Waals surface area (Å²) in [4.78, 5) is 22.8. The van der Waals surface area contributed by atoms with E-state index in [0.29, 0.717) is 4.88 Å².